The Balaban J connectivity index is 1.56. The highest BCUT2D eigenvalue weighted by Gasteiger charge is 2.08. The normalized spacial score (nSPS) is 10.6. The van der Waals surface area contributed by atoms with Gasteiger partial charge in [-0.2, -0.15) is 0 Å². The molecule has 0 unspecified atom stereocenters. The molecule has 0 aliphatic carbocycles. The highest BCUT2D eigenvalue weighted by Crippen LogP contribution is 2.19. The molecule has 0 saturated carbocycles. The first kappa shape index (κ1) is 20.0. The smallest absolute Gasteiger partial charge is 0.362 e. The van der Waals surface area contributed by atoms with Crippen molar-refractivity contribution in [3.05, 3.63) is 88.9 Å². The van der Waals surface area contributed by atoms with Gasteiger partial charge in [-0.1, -0.05) is 17.7 Å². The van der Waals surface area contributed by atoms with Crippen molar-refractivity contribution in [1.82, 2.24) is 0 Å². The average Bonchev–Trinajstić information content (AvgIpc) is 2.77. The molecular weight excluding hydrogens is 394 g/mol. The minimum absolute atomic E-state index is 0.364. The zero-order valence-electron chi connectivity index (χ0n) is 15.3. The molecule has 0 bridgehead atoms. The van der Waals surface area contributed by atoms with Gasteiger partial charge in [0.25, 0.3) is 5.91 Å². The SMILES string of the molecule is COc1cccc(C(=O)N=Nc2ccc(NOC(=O)c3ccc(Cl)cc3)cc2)c1. The lowest BCUT2D eigenvalue weighted by Gasteiger charge is -2.07. The highest BCUT2D eigenvalue weighted by molar-refractivity contribution is 6.30. The number of ether oxygens (including phenoxy) is 1. The number of rotatable bonds is 6. The van der Waals surface area contributed by atoms with E-state index in [4.69, 9.17) is 21.2 Å². The maximum atomic E-state index is 12.1. The molecule has 29 heavy (non-hydrogen) atoms. The van der Waals surface area contributed by atoms with E-state index in [0.717, 1.165) is 0 Å². The Bertz CT molecular complexity index is 1030. The third-order valence-electron chi connectivity index (χ3n) is 3.78. The molecule has 0 atom stereocenters. The molecule has 0 aliphatic heterocycles. The van der Waals surface area contributed by atoms with Gasteiger partial charge in [0, 0.05) is 10.6 Å². The van der Waals surface area contributed by atoms with Crippen molar-refractivity contribution in [2.24, 2.45) is 10.2 Å². The first-order chi connectivity index (χ1) is 14.0. The Kier molecular flexibility index (Phi) is 6.55. The van der Waals surface area contributed by atoms with Gasteiger partial charge in [0.15, 0.2) is 0 Å². The van der Waals surface area contributed by atoms with Crippen molar-refractivity contribution < 1.29 is 19.2 Å². The molecule has 3 aromatic rings. The van der Waals surface area contributed by atoms with E-state index in [1.807, 2.05) is 0 Å². The van der Waals surface area contributed by atoms with Crippen LogP contribution in [-0.2, 0) is 4.84 Å². The molecule has 8 heteroatoms. The van der Waals surface area contributed by atoms with Gasteiger partial charge in [-0.25, -0.2) is 10.3 Å². The quantitative estimate of drug-likeness (QED) is 0.431. The Hall–Kier alpha value is -3.71. The largest absolute Gasteiger partial charge is 0.497 e. The standard InChI is InChI=1S/C21H16ClN3O4/c1-28-19-4-2-3-15(13-19)20(26)24-23-17-9-11-18(12-10-17)25-29-21(27)14-5-7-16(22)8-6-14/h2-13,25H,1H3. The minimum atomic E-state index is -0.547. The zero-order chi connectivity index (χ0) is 20.6. The van der Waals surface area contributed by atoms with E-state index in [1.165, 1.54) is 7.11 Å². The van der Waals surface area contributed by atoms with E-state index in [-0.39, 0.29) is 0 Å². The zero-order valence-corrected chi connectivity index (χ0v) is 16.1. The first-order valence-electron chi connectivity index (χ1n) is 8.48. The average molecular weight is 410 g/mol. The molecule has 0 aromatic heterocycles. The van der Waals surface area contributed by atoms with Crippen LogP contribution in [0.15, 0.2) is 83.0 Å². The van der Waals surface area contributed by atoms with E-state index in [9.17, 15) is 9.59 Å². The minimum Gasteiger partial charge on any atom is -0.497 e. The fourth-order valence-electron chi connectivity index (χ4n) is 2.26. The number of hydrogen-bond donors (Lipinski definition) is 1. The van der Waals surface area contributed by atoms with Crippen LogP contribution in [0.2, 0.25) is 5.02 Å². The number of nitrogens with zero attached hydrogens (tertiary/aromatic N) is 2. The summed E-state index contributed by atoms with van der Waals surface area (Å²) in [5.41, 5.74) is 4.29. The van der Waals surface area contributed by atoms with Crippen LogP contribution in [-0.4, -0.2) is 19.0 Å². The summed E-state index contributed by atoms with van der Waals surface area (Å²) in [7, 11) is 1.52. The number of amides is 1. The number of halogens is 1. The summed E-state index contributed by atoms with van der Waals surface area (Å²) in [6.07, 6.45) is 0. The predicted molar refractivity (Wildman–Crippen MR) is 109 cm³/mol. The number of methoxy groups -OCH3 is 1. The number of azo groups is 1. The second kappa shape index (κ2) is 9.48. The molecule has 7 nitrogen and oxygen atoms in total. The highest BCUT2D eigenvalue weighted by atomic mass is 35.5. The van der Waals surface area contributed by atoms with Crippen LogP contribution in [0, 0.1) is 0 Å². The molecule has 3 aromatic carbocycles. The molecule has 0 saturated heterocycles. The number of nitrogens with one attached hydrogen (secondary N) is 1. The summed E-state index contributed by atoms with van der Waals surface area (Å²) in [4.78, 5) is 29.1. The maximum Gasteiger partial charge on any atom is 0.362 e. The van der Waals surface area contributed by atoms with Gasteiger partial charge >= 0.3 is 5.97 Å². The predicted octanol–water partition coefficient (Wildman–Crippen LogP) is 5.46. The molecule has 0 radical (unpaired) electrons. The van der Waals surface area contributed by atoms with Crippen LogP contribution in [0.5, 0.6) is 5.75 Å². The van der Waals surface area contributed by atoms with Gasteiger partial charge in [-0.15, -0.1) is 10.2 Å². The van der Waals surface area contributed by atoms with Crippen LogP contribution >= 0.6 is 11.6 Å². The maximum absolute atomic E-state index is 12.1. The Morgan fingerprint density at radius 1 is 0.931 bits per heavy atom. The van der Waals surface area contributed by atoms with E-state index < -0.39 is 11.9 Å². The number of hydrogen-bond acceptors (Lipinski definition) is 6. The third-order valence-corrected chi connectivity index (χ3v) is 4.03. The lowest BCUT2D eigenvalue weighted by molar-refractivity contribution is 0.0596. The molecule has 146 valence electrons. The van der Waals surface area contributed by atoms with Gasteiger partial charge in [0.2, 0.25) is 0 Å². The van der Waals surface area contributed by atoms with Crippen molar-refractivity contribution in [3.8, 4) is 5.75 Å². The molecule has 0 aliphatic rings. The van der Waals surface area contributed by atoms with Crippen molar-refractivity contribution in [3.63, 3.8) is 0 Å². The summed E-state index contributed by atoms with van der Waals surface area (Å²) in [5.74, 6) is -0.466. The van der Waals surface area contributed by atoms with Crippen molar-refractivity contribution in [1.29, 1.82) is 0 Å². The van der Waals surface area contributed by atoms with E-state index >= 15 is 0 Å². The van der Waals surface area contributed by atoms with Crippen LogP contribution < -0.4 is 10.2 Å². The van der Waals surface area contributed by atoms with Gasteiger partial charge in [-0.3, -0.25) is 4.79 Å². The third kappa shape index (κ3) is 5.63. The molecule has 0 heterocycles. The Morgan fingerprint density at radius 2 is 1.66 bits per heavy atom. The molecule has 0 fully saturated rings. The molecular formula is C21H16ClN3O4. The van der Waals surface area contributed by atoms with Gasteiger partial charge < -0.3 is 9.57 Å². The van der Waals surface area contributed by atoms with Crippen molar-refractivity contribution in [2.75, 3.05) is 12.6 Å². The molecule has 1 N–H and O–H groups in total. The fraction of sp³-hybridized carbons (Fsp3) is 0.0476. The van der Waals surface area contributed by atoms with E-state index in [0.29, 0.717) is 33.3 Å². The lowest BCUT2D eigenvalue weighted by atomic mass is 10.2. The summed E-state index contributed by atoms with van der Waals surface area (Å²) in [6, 6.07) is 19.5. The number of carbonyl (C=O) groups is 2. The van der Waals surface area contributed by atoms with Crippen LogP contribution in [0.4, 0.5) is 11.4 Å². The summed E-state index contributed by atoms with van der Waals surface area (Å²) < 4.78 is 5.08. The Morgan fingerprint density at radius 3 is 2.34 bits per heavy atom. The van der Waals surface area contributed by atoms with Crippen LogP contribution in [0.3, 0.4) is 0 Å². The van der Waals surface area contributed by atoms with E-state index in [1.54, 1.807) is 72.8 Å². The van der Waals surface area contributed by atoms with Gasteiger partial charge in [0.1, 0.15) is 5.75 Å². The second-order valence-electron chi connectivity index (χ2n) is 5.78. The molecule has 0 spiro atoms. The molecule has 1 amide bonds. The number of benzene rings is 3. The lowest BCUT2D eigenvalue weighted by Crippen LogP contribution is -2.10. The monoisotopic (exact) mass is 409 g/mol. The summed E-state index contributed by atoms with van der Waals surface area (Å²) in [6.45, 7) is 0. The fourth-order valence-corrected chi connectivity index (χ4v) is 2.39. The summed E-state index contributed by atoms with van der Waals surface area (Å²) >= 11 is 5.79. The van der Waals surface area contributed by atoms with Gasteiger partial charge in [-0.05, 0) is 66.7 Å². The van der Waals surface area contributed by atoms with Crippen molar-refractivity contribution >= 4 is 34.9 Å². The Labute approximate surface area is 171 Å². The van der Waals surface area contributed by atoms with Gasteiger partial charge in [0.05, 0.1) is 24.0 Å². The van der Waals surface area contributed by atoms with E-state index in [2.05, 4.69) is 15.7 Å². The first-order valence-corrected chi connectivity index (χ1v) is 8.86. The number of anilines is 1. The van der Waals surface area contributed by atoms with Crippen LogP contribution in [0.1, 0.15) is 20.7 Å². The number of carbonyl (C=O) groups excluding carboxylic acids is 2. The summed E-state index contributed by atoms with van der Waals surface area (Å²) in [5, 5.41) is 8.15. The molecule has 3 rings (SSSR count). The second-order valence-corrected chi connectivity index (χ2v) is 6.22. The van der Waals surface area contributed by atoms with Crippen LogP contribution in [0.25, 0.3) is 0 Å². The van der Waals surface area contributed by atoms with Crippen molar-refractivity contribution in [2.45, 2.75) is 0 Å². The topological polar surface area (TPSA) is 89.3 Å².